The highest BCUT2D eigenvalue weighted by Crippen LogP contribution is 2.23. The average Bonchev–Trinajstić information content (AvgIpc) is 2.29. The lowest BCUT2D eigenvalue weighted by Gasteiger charge is -2.38. The summed E-state index contributed by atoms with van der Waals surface area (Å²) in [6.07, 6.45) is 2.41. The van der Waals surface area contributed by atoms with Crippen molar-refractivity contribution >= 4 is 5.84 Å². The quantitative estimate of drug-likeness (QED) is 0.566. The molecule has 2 unspecified atom stereocenters. The molecule has 0 radical (unpaired) electrons. The Morgan fingerprint density at radius 2 is 1.94 bits per heavy atom. The van der Waals surface area contributed by atoms with Gasteiger partial charge in [0.15, 0.2) is 0 Å². The minimum Gasteiger partial charge on any atom is -0.354 e. The van der Waals surface area contributed by atoms with Crippen LogP contribution < -0.4 is 0 Å². The Balaban J connectivity index is 2.11. The lowest BCUT2D eigenvalue weighted by molar-refractivity contribution is 0.209. The molecule has 1 saturated heterocycles. The number of piperidine rings is 1. The highest BCUT2D eigenvalue weighted by Gasteiger charge is 2.24. The second kappa shape index (κ2) is 4.69. The van der Waals surface area contributed by atoms with Crippen LogP contribution in [0.15, 0.2) is 30.3 Å². The first kappa shape index (κ1) is 11.2. The van der Waals surface area contributed by atoms with Crippen LogP contribution in [0.5, 0.6) is 0 Å². The van der Waals surface area contributed by atoms with Crippen molar-refractivity contribution < 1.29 is 0 Å². The Morgan fingerprint density at radius 1 is 1.25 bits per heavy atom. The molecule has 0 saturated carbocycles. The van der Waals surface area contributed by atoms with Crippen molar-refractivity contribution in [3.05, 3.63) is 35.9 Å². The van der Waals surface area contributed by atoms with Gasteiger partial charge in [-0.25, -0.2) is 0 Å². The first-order valence-electron chi connectivity index (χ1n) is 6.09. The predicted molar refractivity (Wildman–Crippen MR) is 67.8 cm³/mol. The van der Waals surface area contributed by atoms with Crippen LogP contribution in [-0.4, -0.2) is 23.3 Å². The van der Waals surface area contributed by atoms with E-state index in [4.69, 9.17) is 5.41 Å². The molecule has 2 heteroatoms. The van der Waals surface area contributed by atoms with Gasteiger partial charge in [-0.2, -0.15) is 0 Å². The van der Waals surface area contributed by atoms with Crippen LogP contribution in [0.3, 0.4) is 0 Å². The Morgan fingerprint density at radius 3 is 2.56 bits per heavy atom. The van der Waals surface area contributed by atoms with Crippen molar-refractivity contribution in [3.8, 4) is 0 Å². The standard InChI is InChI=1S/C14H20N2/c1-11-8-9-16(12(2)10-11)14(15)13-6-4-3-5-7-13/h3-7,11-12,15H,8-10H2,1-2H3. The van der Waals surface area contributed by atoms with Crippen LogP contribution in [-0.2, 0) is 0 Å². The molecule has 2 nitrogen and oxygen atoms in total. The van der Waals surface area contributed by atoms with Crippen LogP contribution in [0.4, 0.5) is 0 Å². The molecule has 1 N–H and O–H groups in total. The van der Waals surface area contributed by atoms with E-state index in [1.165, 1.54) is 12.8 Å². The fourth-order valence-electron chi connectivity index (χ4n) is 2.50. The van der Waals surface area contributed by atoms with E-state index in [-0.39, 0.29) is 0 Å². The van der Waals surface area contributed by atoms with Crippen LogP contribution >= 0.6 is 0 Å². The second-order valence-corrected chi connectivity index (χ2v) is 4.89. The molecule has 86 valence electrons. The number of rotatable bonds is 1. The first-order valence-corrected chi connectivity index (χ1v) is 6.09. The number of benzene rings is 1. The van der Waals surface area contributed by atoms with E-state index in [0.29, 0.717) is 11.9 Å². The average molecular weight is 216 g/mol. The maximum absolute atomic E-state index is 8.25. The highest BCUT2D eigenvalue weighted by molar-refractivity contribution is 5.96. The van der Waals surface area contributed by atoms with Gasteiger partial charge in [0.2, 0.25) is 0 Å². The summed E-state index contributed by atoms with van der Waals surface area (Å²) >= 11 is 0. The minimum atomic E-state index is 0.497. The van der Waals surface area contributed by atoms with Crippen molar-refractivity contribution in [2.24, 2.45) is 5.92 Å². The van der Waals surface area contributed by atoms with Crippen molar-refractivity contribution in [3.63, 3.8) is 0 Å². The summed E-state index contributed by atoms with van der Waals surface area (Å²) in [5.41, 5.74) is 1.03. The van der Waals surface area contributed by atoms with Crippen molar-refractivity contribution in [2.45, 2.75) is 32.7 Å². The molecule has 1 fully saturated rings. The molecule has 0 spiro atoms. The summed E-state index contributed by atoms with van der Waals surface area (Å²) in [5.74, 6) is 1.48. The third-order valence-corrected chi connectivity index (χ3v) is 3.47. The van der Waals surface area contributed by atoms with Crippen LogP contribution in [0.2, 0.25) is 0 Å². The number of hydrogen-bond acceptors (Lipinski definition) is 1. The number of likely N-dealkylation sites (tertiary alicyclic amines) is 1. The molecule has 1 aromatic carbocycles. The number of amidine groups is 1. The van der Waals surface area contributed by atoms with Gasteiger partial charge in [0.25, 0.3) is 0 Å². The van der Waals surface area contributed by atoms with E-state index in [0.717, 1.165) is 18.0 Å². The van der Waals surface area contributed by atoms with E-state index in [1.807, 2.05) is 30.3 Å². The molecule has 0 amide bonds. The maximum Gasteiger partial charge on any atom is 0.128 e. The number of nitrogens with zero attached hydrogens (tertiary/aromatic N) is 1. The largest absolute Gasteiger partial charge is 0.354 e. The third-order valence-electron chi connectivity index (χ3n) is 3.47. The zero-order valence-electron chi connectivity index (χ0n) is 10.1. The lowest BCUT2D eigenvalue weighted by Crippen LogP contribution is -2.44. The summed E-state index contributed by atoms with van der Waals surface area (Å²) in [5, 5.41) is 8.25. The third kappa shape index (κ3) is 2.26. The molecule has 0 bridgehead atoms. The minimum absolute atomic E-state index is 0.497. The molecule has 1 heterocycles. The van der Waals surface area contributed by atoms with Gasteiger partial charge in [-0.3, -0.25) is 5.41 Å². The molecular weight excluding hydrogens is 196 g/mol. The van der Waals surface area contributed by atoms with Gasteiger partial charge in [-0.1, -0.05) is 37.3 Å². The van der Waals surface area contributed by atoms with E-state index in [1.54, 1.807) is 0 Å². The topological polar surface area (TPSA) is 27.1 Å². The smallest absolute Gasteiger partial charge is 0.128 e. The molecule has 1 aliphatic heterocycles. The zero-order chi connectivity index (χ0) is 11.5. The highest BCUT2D eigenvalue weighted by atomic mass is 15.2. The Labute approximate surface area is 97.8 Å². The predicted octanol–water partition coefficient (Wildman–Crippen LogP) is 3.13. The Bertz CT molecular complexity index is 358. The summed E-state index contributed by atoms with van der Waals surface area (Å²) in [6.45, 7) is 5.56. The van der Waals surface area contributed by atoms with Gasteiger partial charge >= 0.3 is 0 Å². The summed E-state index contributed by atoms with van der Waals surface area (Å²) in [4.78, 5) is 2.23. The molecule has 1 aliphatic rings. The van der Waals surface area contributed by atoms with E-state index in [9.17, 15) is 0 Å². The normalized spacial score (nSPS) is 25.5. The van der Waals surface area contributed by atoms with Crippen molar-refractivity contribution in [1.29, 1.82) is 5.41 Å². The van der Waals surface area contributed by atoms with Gasteiger partial charge in [-0.05, 0) is 25.7 Å². The fraction of sp³-hybridized carbons (Fsp3) is 0.500. The van der Waals surface area contributed by atoms with Crippen molar-refractivity contribution in [2.75, 3.05) is 6.54 Å². The number of hydrogen-bond donors (Lipinski definition) is 1. The van der Waals surface area contributed by atoms with Crippen LogP contribution in [0.25, 0.3) is 0 Å². The molecule has 2 rings (SSSR count). The van der Waals surface area contributed by atoms with Gasteiger partial charge in [-0.15, -0.1) is 0 Å². The Kier molecular flexibility index (Phi) is 3.28. The summed E-state index contributed by atoms with van der Waals surface area (Å²) in [7, 11) is 0. The molecule has 2 atom stereocenters. The molecular formula is C14H20N2. The van der Waals surface area contributed by atoms with Gasteiger partial charge in [0.05, 0.1) is 0 Å². The monoisotopic (exact) mass is 216 g/mol. The maximum atomic E-state index is 8.25. The second-order valence-electron chi connectivity index (χ2n) is 4.89. The molecule has 16 heavy (non-hydrogen) atoms. The molecule has 0 aromatic heterocycles. The zero-order valence-corrected chi connectivity index (χ0v) is 10.1. The fourth-order valence-corrected chi connectivity index (χ4v) is 2.50. The van der Waals surface area contributed by atoms with Gasteiger partial charge < -0.3 is 4.90 Å². The van der Waals surface area contributed by atoms with Crippen LogP contribution in [0, 0.1) is 11.3 Å². The summed E-state index contributed by atoms with van der Waals surface area (Å²) in [6, 6.07) is 10.5. The van der Waals surface area contributed by atoms with E-state index in [2.05, 4.69) is 18.7 Å². The first-order chi connectivity index (χ1) is 7.68. The SMILES string of the molecule is CC1CCN(C(=N)c2ccccc2)C(C)C1. The molecule has 0 aliphatic carbocycles. The van der Waals surface area contributed by atoms with Gasteiger partial charge in [0.1, 0.15) is 5.84 Å². The van der Waals surface area contributed by atoms with E-state index < -0.39 is 0 Å². The van der Waals surface area contributed by atoms with Gasteiger partial charge in [0, 0.05) is 18.2 Å². The lowest BCUT2D eigenvalue weighted by atomic mass is 9.93. The Hall–Kier alpha value is -1.31. The van der Waals surface area contributed by atoms with Crippen LogP contribution in [0.1, 0.15) is 32.3 Å². The summed E-state index contributed by atoms with van der Waals surface area (Å²) < 4.78 is 0. The number of nitrogens with one attached hydrogen (secondary N) is 1. The van der Waals surface area contributed by atoms with E-state index >= 15 is 0 Å². The van der Waals surface area contributed by atoms with Crippen molar-refractivity contribution in [1.82, 2.24) is 4.90 Å². The molecule has 1 aromatic rings.